The van der Waals surface area contributed by atoms with Crippen molar-refractivity contribution in [2.24, 2.45) is 0 Å². The van der Waals surface area contributed by atoms with E-state index in [9.17, 15) is 13.2 Å². The monoisotopic (exact) mass is 413 g/mol. The third kappa shape index (κ3) is 3.62. The van der Waals surface area contributed by atoms with Gasteiger partial charge in [0.25, 0.3) is 0 Å². The highest BCUT2D eigenvalue weighted by molar-refractivity contribution is 7.87. The Morgan fingerprint density at radius 2 is 1.97 bits per heavy atom. The lowest BCUT2D eigenvalue weighted by Gasteiger charge is -2.08. The van der Waals surface area contributed by atoms with E-state index in [1.165, 1.54) is 31.3 Å². The van der Waals surface area contributed by atoms with Crippen LogP contribution in [0.1, 0.15) is 0 Å². The first kappa shape index (κ1) is 18.5. The Labute approximate surface area is 165 Å². The van der Waals surface area contributed by atoms with Crippen molar-refractivity contribution in [1.82, 2.24) is 19.5 Å². The fraction of sp³-hybridized carbons (Fsp3) is 0.0556. The van der Waals surface area contributed by atoms with Gasteiger partial charge in [-0.05, 0) is 36.4 Å². The zero-order valence-corrected chi connectivity index (χ0v) is 15.9. The molecule has 10 nitrogen and oxygen atoms in total. The third-order valence-electron chi connectivity index (χ3n) is 4.18. The molecule has 4 aromatic rings. The molecule has 2 aromatic carbocycles. The molecule has 0 saturated carbocycles. The molecule has 0 unspecified atom stereocenters. The van der Waals surface area contributed by atoms with Crippen LogP contribution in [0.4, 0.5) is 10.7 Å². The van der Waals surface area contributed by atoms with Crippen molar-refractivity contribution in [3.05, 3.63) is 61.2 Å². The number of imidazole rings is 2. The molecule has 0 aliphatic carbocycles. The van der Waals surface area contributed by atoms with Gasteiger partial charge in [0.05, 0.1) is 17.4 Å². The summed E-state index contributed by atoms with van der Waals surface area (Å²) in [7, 11) is -2.72. The first-order chi connectivity index (χ1) is 13.8. The Hall–Kier alpha value is -3.86. The Kier molecular flexibility index (Phi) is 4.43. The van der Waals surface area contributed by atoms with E-state index >= 15 is 0 Å². The molecule has 0 aliphatic heterocycles. The molecule has 0 aliphatic rings. The number of amides is 1. The van der Waals surface area contributed by atoms with Crippen LogP contribution in [0, 0.1) is 0 Å². The Morgan fingerprint density at radius 1 is 1.21 bits per heavy atom. The number of aromatic amines is 1. The number of aromatic nitrogens is 4. The number of rotatable bonds is 5. The number of hydrogen-bond donors (Lipinski definition) is 2. The summed E-state index contributed by atoms with van der Waals surface area (Å²) in [5.74, 6) is 0.176. The average Bonchev–Trinajstić information content (AvgIpc) is 3.36. The molecule has 4 rings (SSSR count). The summed E-state index contributed by atoms with van der Waals surface area (Å²) in [6.45, 7) is 0. The second-order valence-corrected chi connectivity index (χ2v) is 7.63. The lowest BCUT2D eigenvalue weighted by molar-refractivity contribution is 0.203. The van der Waals surface area contributed by atoms with Crippen LogP contribution >= 0.6 is 0 Å². The fourth-order valence-corrected chi connectivity index (χ4v) is 3.57. The SMILES string of the molecule is CN(C(=O)O)c1nc2cc(OS(=O)(=O)c3ccc(-n4ccnc4)cc3)ccc2[nH]1. The molecule has 1 amide bonds. The fourth-order valence-electron chi connectivity index (χ4n) is 2.65. The van der Waals surface area contributed by atoms with E-state index < -0.39 is 16.2 Å². The zero-order chi connectivity index (χ0) is 20.6. The molecule has 0 spiro atoms. The topological polar surface area (TPSA) is 130 Å². The summed E-state index contributed by atoms with van der Waals surface area (Å²) >= 11 is 0. The van der Waals surface area contributed by atoms with E-state index in [4.69, 9.17) is 9.29 Å². The molecule has 0 saturated heterocycles. The first-order valence-corrected chi connectivity index (χ1v) is 9.74. The summed E-state index contributed by atoms with van der Waals surface area (Å²) in [5.41, 5.74) is 1.67. The van der Waals surface area contributed by atoms with Crippen LogP contribution in [-0.2, 0) is 10.1 Å². The van der Waals surface area contributed by atoms with E-state index in [0.717, 1.165) is 10.6 Å². The predicted molar refractivity (Wildman–Crippen MR) is 104 cm³/mol. The van der Waals surface area contributed by atoms with E-state index in [-0.39, 0.29) is 16.6 Å². The van der Waals surface area contributed by atoms with Crippen molar-refractivity contribution in [3.63, 3.8) is 0 Å². The Balaban J connectivity index is 1.58. The maximum Gasteiger partial charge on any atom is 0.413 e. The van der Waals surface area contributed by atoms with Gasteiger partial charge in [-0.25, -0.2) is 14.8 Å². The van der Waals surface area contributed by atoms with Gasteiger partial charge in [0.1, 0.15) is 10.6 Å². The Morgan fingerprint density at radius 3 is 2.62 bits per heavy atom. The first-order valence-electron chi connectivity index (χ1n) is 8.33. The smallest absolute Gasteiger partial charge is 0.413 e. The highest BCUT2D eigenvalue weighted by Gasteiger charge is 2.18. The van der Waals surface area contributed by atoms with Crippen molar-refractivity contribution in [1.29, 1.82) is 0 Å². The molecule has 2 N–H and O–H groups in total. The summed E-state index contributed by atoms with van der Waals surface area (Å²) in [6.07, 6.45) is 3.80. The van der Waals surface area contributed by atoms with E-state index in [1.54, 1.807) is 41.5 Å². The number of hydrogen-bond acceptors (Lipinski definition) is 6. The largest absolute Gasteiger partial charge is 0.465 e. The standard InChI is InChI=1S/C18H15N5O5S/c1-22(18(24)25)17-20-15-7-4-13(10-16(15)21-17)28-29(26,27)14-5-2-12(3-6-14)23-9-8-19-11-23/h2-11H,1H3,(H,20,21)(H,24,25). The van der Waals surface area contributed by atoms with Crippen LogP contribution in [0.25, 0.3) is 16.7 Å². The number of nitrogens with zero attached hydrogens (tertiary/aromatic N) is 4. The highest BCUT2D eigenvalue weighted by atomic mass is 32.2. The molecule has 0 radical (unpaired) electrons. The van der Waals surface area contributed by atoms with Crippen molar-refractivity contribution in [2.75, 3.05) is 11.9 Å². The van der Waals surface area contributed by atoms with E-state index in [0.29, 0.717) is 11.0 Å². The second kappa shape index (κ2) is 6.95. The molecule has 0 fully saturated rings. The van der Waals surface area contributed by atoms with Gasteiger partial charge in [0.2, 0.25) is 5.95 Å². The van der Waals surface area contributed by atoms with Crippen LogP contribution in [0.15, 0.2) is 66.1 Å². The zero-order valence-electron chi connectivity index (χ0n) is 15.1. The molecule has 11 heteroatoms. The Bertz CT molecular complexity index is 1280. The minimum atomic E-state index is -4.06. The van der Waals surface area contributed by atoms with Crippen molar-refractivity contribution in [2.45, 2.75) is 4.90 Å². The second-order valence-electron chi connectivity index (χ2n) is 6.08. The van der Waals surface area contributed by atoms with Crippen LogP contribution in [0.5, 0.6) is 5.75 Å². The van der Waals surface area contributed by atoms with Gasteiger partial charge in [-0.15, -0.1) is 0 Å². The summed E-state index contributed by atoms with van der Waals surface area (Å²) in [5, 5.41) is 9.03. The average molecular weight is 413 g/mol. The van der Waals surface area contributed by atoms with Crippen LogP contribution in [-0.4, -0.2) is 46.2 Å². The molecule has 0 bridgehead atoms. The third-order valence-corrected chi connectivity index (χ3v) is 5.44. The maximum absolute atomic E-state index is 12.6. The summed E-state index contributed by atoms with van der Waals surface area (Å²) < 4.78 is 32.1. The molecular weight excluding hydrogens is 398 g/mol. The molecule has 29 heavy (non-hydrogen) atoms. The van der Waals surface area contributed by atoms with Crippen LogP contribution < -0.4 is 9.08 Å². The number of carboxylic acid groups (broad SMARTS) is 1. The van der Waals surface area contributed by atoms with Crippen molar-refractivity contribution >= 4 is 33.2 Å². The van der Waals surface area contributed by atoms with Crippen LogP contribution in [0.3, 0.4) is 0 Å². The number of nitrogens with one attached hydrogen (secondary N) is 1. The summed E-state index contributed by atoms with van der Waals surface area (Å²) in [6, 6.07) is 10.6. The van der Waals surface area contributed by atoms with Crippen molar-refractivity contribution in [3.8, 4) is 11.4 Å². The predicted octanol–water partition coefficient (Wildman–Crippen LogP) is 2.63. The van der Waals surface area contributed by atoms with Gasteiger partial charge >= 0.3 is 16.2 Å². The number of H-pyrrole nitrogens is 1. The van der Waals surface area contributed by atoms with E-state index in [2.05, 4.69) is 15.0 Å². The highest BCUT2D eigenvalue weighted by Crippen LogP contribution is 2.25. The normalized spacial score (nSPS) is 11.5. The summed E-state index contributed by atoms with van der Waals surface area (Å²) in [4.78, 5) is 22.9. The van der Waals surface area contributed by atoms with Gasteiger partial charge < -0.3 is 18.8 Å². The number of anilines is 1. The van der Waals surface area contributed by atoms with Crippen LogP contribution in [0.2, 0.25) is 0 Å². The minimum Gasteiger partial charge on any atom is -0.465 e. The minimum absolute atomic E-state index is 0.00482. The number of carbonyl (C=O) groups is 1. The quantitative estimate of drug-likeness (QED) is 0.481. The number of fused-ring (bicyclic) bond motifs is 1. The van der Waals surface area contributed by atoms with E-state index in [1.807, 2.05) is 0 Å². The maximum atomic E-state index is 12.6. The van der Waals surface area contributed by atoms with Gasteiger partial charge in [-0.1, -0.05) is 0 Å². The molecule has 2 aromatic heterocycles. The molecule has 0 atom stereocenters. The van der Waals surface area contributed by atoms with Gasteiger partial charge in [0.15, 0.2) is 0 Å². The molecule has 2 heterocycles. The lowest BCUT2D eigenvalue weighted by Crippen LogP contribution is -2.24. The van der Waals surface area contributed by atoms with Gasteiger partial charge in [0, 0.05) is 31.2 Å². The number of benzene rings is 2. The lowest BCUT2D eigenvalue weighted by atomic mass is 10.3. The van der Waals surface area contributed by atoms with Gasteiger partial charge in [-0.3, -0.25) is 4.90 Å². The van der Waals surface area contributed by atoms with Gasteiger partial charge in [-0.2, -0.15) is 8.42 Å². The van der Waals surface area contributed by atoms with Crippen molar-refractivity contribution < 1.29 is 22.5 Å². The molecular formula is C18H15N5O5S. The molecule has 148 valence electrons.